The van der Waals surface area contributed by atoms with Crippen LogP contribution in [0.15, 0.2) is 18.2 Å². The van der Waals surface area contributed by atoms with E-state index in [1.54, 1.807) is 6.07 Å². The number of hydrogen-bond acceptors (Lipinski definition) is 3. The van der Waals surface area contributed by atoms with E-state index in [9.17, 15) is 4.79 Å². The molecule has 0 saturated carbocycles. The largest absolute Gasteiger partial charge is 0.465 e. The lowest BCUT2D eigenvalue weighted by Gasteiger charge is -2.01. The van der Waals surface area contributed by atoms with Gasteiger partial charge < -0.3 is 10.1 Å². The van der Waals surface area contributed by atoms with Gasteiger partial charge in [-0.2, -0.15) is 0 Å². The van der Waals surface area contributed by atoms with Gasteiger partial charge in [-0.3, -0.25) is 0 Å². The van der Waals surface area contributed by atoms with E-state index >= 15 is 0 Å². The number of fused-ring (bicyclic) bond motifs is 1. The van der Waals surface area contributed by atoms with Crippen LogP contribution in [0, 0.1) is 0 Å². The minimum absolute atomic E-state index is 0. The molecule has 4 heteroatoms. The molecule has 0 amide bonds. The number of halogens is 1. The van der Waals surface area contributed by atoms with E-state index in [2.05, 4.69) is 10.1 Å². The quantitative estimate of drug-likeness (QED) is 0.778. The molecule has 0 fully saturated rings. The third-order valence-corrected chi connectivity index (χ3v) is 2.26. The molecule has 1 aromatic carbocycles. The van der Waals surface area contributed by atoms with E-state index < -0.39 is 0 Å². The van der Waals surface area contributed by atoms with Crippen molar-refractivity contribution in [2.24, 2.45) is 0 Å². The first kappa shape index (κ1) is 11.2. The van der Waals surface area contributed by atoms with Crippen molar-refractivity contribution in [3.05, 3.63) is 34.9 Å². The first-order valence-electron chi connectivity index (χ1n) is 4.22. The highest BCUT2D eigenvalue weighted by atomic mass is 79.9. The van der Waals surface area contributed by atoms with Crippen LogP contribution >= 0.6 is 17.0 Å². The van der Waals surface area contributed by atoms with Crippen molar-refractivity contribution in [1.82, 2.24) is 5.32 Å². The maximum absolute atomic E-state index is 11.2. The van der Waals surface area contributed by atoms with Gasteiger partial charge in [0.1, 0.15) is 0 Å². The molecule has 0 aromatic heterocycles. The molecule has 0 saturated heterocycles. The van der Waals surface area contributed by atoms with Crippen LogP contribution in [-0.2, 0) is 17.8 Å². The lowest BCUT2D eigenvalue weighted by Crippen LogP contribution is -2.02. The maximum Gasteiger partial charge on any atom is 0.337 e. The highest BCUT2D eigenvalue weighted by Gasteiger charge is 2.13. The normalized spacial score (nSPS) is 12.9. The Kier molecular flexibility index (Phi) is 3.66. The number of ether oxygens (including phenoxy) is 1. The third kappa shape index (κ3) is 1.96. The van der Waals surface area contributed by atoms with Crippen LogP contribution in [-0.4, -0.2) is 13.1 Å². The van der Waals surface area contributed by atoms with Gasteiger partial charge in [0, 0.05) is 13.1 Å². The molecule has 1 aromatic rings. The van der Waals surface area contributed by atoms with E-state index in [0.717, 1.165) is 13.1 Å². The molecule has 76 valence electrons. The summed E-state index contributed by atoms with van der Waals surface area (Å²) in [6.07, 6.45) is 0. The Hall–Kier alpha value is -0.870. The molecule has 1 N–H and O–H groups in total. The van der Waals surface area contributed by atoms with Crippen LogP contribution in [0.5, 0.6) is 0 Å². The second-order valence-electron chi connectivity index (χ2n) is 3.08. The number of methoxy groups -OCH3 is 1. The van der Waals surface area contributed by atoms with Gasteiger partial charge in [0.2, 0.25) is 0 Å². The van der Waals surface area contributed by atoms with Crippen molar-refractivity contribution in [3.8, 4) is 0 Å². The lowest BCUT2D eigenvalue weighted by molar-refractivity contribution is 0.0600. The molecular formula is C10H12BrNO2. The van der Waals surface area contributed by atoms with Crippen molar-refractivity contribution in [1.29, 1.82) is 0 Å². The average Bonchev–Trinajstić information content (AvgIpc) is 2.63. The standard InChI is InChI=1S/C10H11NO2.BrH/c1-13-10(12)7-2-3-8-5-11-6-9(8)4-7;/h2-4,11H,5-6H2,1H3;1H. The summed E-state index contributed by atoms with van der Waals surface area (Å²) in [5.74, 6) is -0.269. The van der Waals surface area contributed by atoms with Gasteiger partial charge in [-0.1, -0.05) is 6.07 Å². The second-order valence-corrected chi connectivity index (χ2v) is 3.08. The van der Waals surface area contributed by atoms with Crippen molar-refractivity contribution in [2.45, 2.75) is 13.1 Å². The van der Waals surface area contributed by atoms with Crippen LogP contribution in [0.25, 0.3) is 0 Å². The molecule has 0 atom stereocenters. The fourth-order valence-electron chi connectivity index (χ4n) is 1.54. The number of benzene rings is 1. The summed E-state index contributed by atoms with van der Waals surface area (Å²) in [6, 6.07) is 5.67. The Morgan fingerprint density at radius 1 is 1.36 bits per heavy atom. The highest BCUT2D eigenvalue weighted by Crippen LogP contribution is 2.17. The lowest BCUT2D eigenvalue weighted by atomic mass is 10.1. The first-order chi connectivity index (χ1) is 6.31. The zero-order valence-corrected chi connectivity index (χ0v) is 9.58. The van der Waals surface area contributed by atoms with Crippen LogP contribution in [0.1, 0.15) is 21.5 Å². The minimum Gasteiger partial charge on any atom is -0.465 e. The van der Waals surface area contributed by atoms with Crippen LogP contribution < -0.4 is 5.32 Å². The number of hydrogen-bond donors (Lipinski definition) is 1. The Morgan fingerprint density at radius 3 is 2.79 bits per heavy atom. The fraction of sp³-hybridized carbons (Fsp3) is 0.300. The summed E-state index contributed by atoms with van der Waals surface area (Å²) >= 11 is 0. The predicted octanol–water partition coefficient (Wildman–Crippen LogP) is 1.65. The monoisotopic (exact) mass is 257 g/mol. The zero-order chi connectivity index (χ0) is 9.26. The van der Waals surface area contributed by atoms with E-state index in [4.69, 9.17) is 0 Å². The smallest absolute Gasteiger partial charge is 0.337 e. The summed E-state index contributed by atoms with van der Waals surface area (Å²) < 4.78 is 4.64. The zero-order valence-electron chi connectivity index (χ0n) is 7.87. The summed E-state index contributed by atoms with van der Waals surface area (Å²) in [7, 11) is 1.40. The third-order valence-electron chi connectivity index (χ3n) is 2.26. The molecule has 1 heterocycles. The Labute approximate surface area is 93.2 Å². The van der Waals surface area contributed by atoms with Gasteiger partial charge in [0.15, 0.2) is 0 Å². The van der Waals surface area contributed by atoms with Gasteiger partial charge in [-0.25, -0.2) is 4.79 Å². The predicted molar refractivity (Wildman–Crippen MR) is 58.6 cm³/mol. The Bertz CT molecular complexity index is 352. The summed E-state index contributed by atoms with van der Waals surface area (Å²) in [5.41, 5.74) is 3.10. The number of esters is 1. The Morgan fingerprint density at radius 2 is 2.07 bits per heavy atom. The molecule has 14 heavy (non-hydrogen) atoms. The molecule has 0 bridgehead atoms. The molecule has 1 aliphatic heterocycles. The fourth-order valence-corrected chi connectivity index (χ4v) is 1.54. The molecule has 1 aliphatic rings. The molecule has 3 nitrogen and oxygen atoms in total. The van der Waals surface area contributed by atoms with Crippen molar-refractivity contribution >= 4 is 23.0 Å². The van der Waals surface area contributed by atoms with Crippen LogP contribution in [0.4, 0.5) is 0 Å². The van der Waals surface area contributed by atoms with E-state index in [1.165, 1.54) is 18.2 Å². The van der Waals surface area contributed by atoms with Gasteiger partial charge in [0.05, 0.1) is 12.7 Å². The van der Waals surface area contributed by atoms with E-state index in [1.807, 2.05) is 12.1 Å². The van der Waals surface area contributed by atoms with E-state index in [-0.39, 0.29) is 23.0 Å². The summed E-state index contributed by atoms with van der Waals surface area (Å²) in [6.45, 7) is 1.75. The molecule has 0 aliphatic carbocycles. The van der Waals surface area contributed by atoms with Crippen molar-refractivity contribution in [3.63, 3.8) is 0 Å². The first-order valence-corrected chi connectivity index (χ1v) is 4.22. The molecule has 0 radical (unpaired) electrons. The molecule has 0 unspecified atom stereocenters. The SMILES string of the molecule is Br.COC(=O)c1ccc2c(c1)CNC2. The second kappa shape index (κ2) is 4.57. The molecule has 2 rings (SSSR count). The van der Waals surface area contributed by atoms with Crippen LogP contribution in [0.3, 0.4) is 0 Å². The molecular weight excluding hydrogens is 246 g/mol. The van der Waals surface area contributed by atoms with Crippen molar-refractivity contribution in [2.75, 3.05) is 7.11 Å². The van der Waals surface area contributed by atoms with Crippen LogP contribution in [0.2, 0.25) is 0 Å². The average molecular weight is 258 g/mol. The van der Waals surface area contributed by atoms with Gasteiger partial charge in [-0.15, -0.1) is 17.0 Å². The van der Waals surface area contributed by atoms with E-state index in [0.29, 0.717) is 5.56 Å². The highest BCUT2D eigenvalue weighted by molar-refractivity contribution is 8.93. The number of carbonyl (C=O) groups excluding carboxylic acids is 1. The molecule has 0 spiro atoms. The number of nitrogens with one attached hydrogen (secondary N) is 1. The minimum atomic E-state index is -0.269. The number of carbonyl (C=O) groups is 1. The summed E-state index contributed by atoms with van der Waals surface area (Å²) in [4.78, 5) is 11.2. The van der Waals surface area contributed by atoms with Gasteiger partial charge in [0.25, 0.3) is 0 Å². The topological polar surface area (TPSA) is 38.3 Å². The van der Waals surface area contributed by atoms with Crippen molar-refractivity contribution < 1.29 is 9.53 Å². The number of rotatable bonds is 1. The maximum atomic E-state index is 11.2. The van der Waals surface area contributed by atoms with Gasteiger partial charge >= 0.3 is 5.97 Å². The Balaban J connectivity index is 0.000000980. The van der Waals surface area contributed by atoms with Gasteiger partial charge in [-0.05, 0) is 23.3 Å². The summed E-state index contributed by atoms with van der Waals surface area (Å²) in [5, 5.41) is 3.22.